The Morgan fingerprint density at radius 1 is 1.23 bits per heavy atom. The first kappa shape index (κ1) is 21.2. The topological polar surface area (TPSA) is 74.1 Å². The van der Waals surface area contributed by atoms with Crippen molar-refractivity contribution >= 4 is 46.0 Å². The van der Waals surface area contributed by atoms with Gasteiger partial charge in [-0.2, -0.15) is 0 Å². The largest absolute Gasteiger partial charge is 0.323 e. The van der Waals surface area contributed by atoms with Gasteiger partial charge in [0.15, 0.2) is 5.17 Å². The summed E-state index contributed by atoms with van der Waals surface area (Å²) in [5, 5.41) is 2.76. The standard InChI is InChI=1S/C22H20F2N4O2S/c1-12(2)9-18-21(30)28-20(26-18)14-5-3-4-6-16(14)27-22(28)31-11-19(29)25-17-8-7-13(23)10-15(17)24/h3-8,10,12,18H,9,11H2,1-2H3,(H,25,29)/t18-/m1/s1. The molecule has 0 aromatic heterocycles. The van der Waals surface area contributed by atoms with Gasteiger partial charge in [0.2, 0.25) is 5.91 Å². The molecule has 0 saturated carbocycles. The molecular weight excluding hydrogens is 422 g/mol. The average Bonchev–Trinajstić information content (AvgIpc) is 3.04. The number of carbonyl (C=O) groups excluding carboxylic acids is 2. The Morgan fingerprint density at radius 2 is 2.00 bits per heavy atom. The zero-order valence-corrected chi connectivity index (χ0v) is 17.7. The second kappa shape index (κ2) is 8.58. The van der Waals surface area contributed by atoms with E-state index in [4.69, 9.17) is 0 Å². The third kappa shape index (κ3) is 4.36. The fraction of sp³-hybridized carbons (Fsp3) is 0.273. The molecule has 0 unspecified atom stereocenters. The van der Waals surface area contributed by atoms with Crippen LogP contribution in [0.2, 0.25) is 0 Å². The number of thioether (sulfide) groups is 1. The van der Waals surface area contributed by atoms with Crippen LogP contribution in [0.5, 0.6) is 0 Å². The van der Waals surface area contributed by atoms with Crippen LogP contribution in [0.4, 0.5) is 20.2 Å². The van der Waals surface area contributed by atoms with Gasteiger partial charge in [0.25, 0.3) is 5.91 Å². The van der Waals surface area contributed by atoms with Crippen molar-refractivity contribution in [3.8, 4) is 0 Å². The highest BCUT2D eigenvalue weighted by Gasteiger charge is 2.41. The Labute approximate surface area is 182 Å². The van der Waals surface area contributed by atoms with Crippen LogP contribution in [-0.2, 0) is 9.59 Å². The first-order valence-electron chi connectivity index (χ1n) is 9.81. The number of nitrogens with zero attached hydrogens (tertiary/aromatic N) is 3. The molecule has 0 aliphatic carbocycles. The molecule has 1 atom stereocenters. The number of rotatable bonds is 5. The molecule has 4 rings (SSSR count). The lowest BCUT2D eigenvalue weighted by atomic mass is 10.0. The lowest BCUT2D eigenvalue weighted by molar-refractivity contribution is -0.125. The third-order valence-electron chi connectivity index (χ3n) is 4.78. The van der Waals surface area contributed by atoms with Crippen LogP contribution in [0.15, 0.2) is 52.4 Å². The number of amidine groups is 2. The van der Waals surface area contributed by atoms with E-state index < -0.39 is 23.6 Å². The lowest BCUT2D eigenvalue weighted by Crippen LogP contribution is -2.41. The molecule has 0 radical (unpaired) electrons. The lowest BCUT2D eigenvalue weighted by Gasteiger charge is -2.25. The molecule has 1 N–H and O–H groups in total. The van der Waals surface area contributed by atoms with Crippen molar-refractivity contribution in [3.63, 3.8) is 0 Å². The summed E-state index contributed by atoms with van der Waals surface area (Å²) in [7, 11) is 0. The van der Waals surface area contributed by atoms with Crippen molar-refractivity contribution < 1.29 is 18.4 Å². The molecule has 6 nitrogen and oxygen atoms in total. The molecule has 0 spiro atoms. The number of fused-ring (bicyclic) bond motifs is 3. The minimum absolute atomic E-state index is 0.107. The molecule has 0 saturated heterocycles. The van der Waals surface area contributed by atoms with Gasteiger partial charge in [-0.1, -0.05) is 37.7 Å². The SMILES string of the molecule is CC(C)C[C@H]1N=C2c3ccccc3N=C(SCC(=O)Nc3ccc(F)cc3F)N2C1=O. The Morgan fingerprint density at radius 3 is 2.74 bits per heavy atom. The molecular formula is C22H20F2N4O2S. The van der Waals surface area contributed by atoms with Crippen molar-refractivity contribution in [2.24, 2.45) is 15.9 Å². The van der Waals surface area contributed by atoms with Crippen LogP contribution in [0.1, 0.15) is 25.8 Å². The number of nitrogens with one attached hydrogen (secondary N) is 1. The van der Waals surface area contributed by atoms with Crippen molar-refractivity contribution in [1.82, 2.24) is 4.90 Å². The number of hydrogen-bond donors (Lipinski definition) is 1. The number of carbonyl (C=O) groups is 2. The molecule has 2 aromatic rings. The number of aliphatic imine (C=N–C) groups is 2. The number of para-hydroxylation sites is 1. The van der Waals surface area contributed by atoms with E-state index in [-0.39, 0.29) is 17.3 Å². The summed E-state index contributed by atoms with van der Waals surface area (Å²) in [6.07, 6.45) is 0.614. The molecule has 2 aromatic carbocycles. The Kier molecular flexibility index (Phi) is 5.86. The second-order valence-corrected chi connectivity index (χ2v) is 8.59. The maximum absolute atomic E-state index is 13.8. The van der Waals surface area contributed by atoms with Gasteiger partial charge in [0.05, 0.1) is 17.1 Å². The van der Waals surface area contributed by atoms with Gasteiger partial charge in [-0.05, 0) is 36.6 Å². The van der Waals surface area contributed by atoms with Gasteiger partial charge in [-0.3, -0.25) is 14.6 Å². The van der Waals surface area contributed by atoms with Gasteiger partial charge in [0.1, 0.15) is 23.5 Å². The van der Waals surface area contributed by atoms with E-state index >= 15 is 0 Å². The molecule has 0 bridgehead atoms. The Hall–Kier alpha value is -3.07. The second-order valence-electron chi connectivity index (χ2n) is 7.64. The van der Waals surface area contributed by atoms with Gasteiger partial charge >= 0.3 is 0 Å². The predicted octanol–water partition coefficient (Wildman–Crippen LogP) is 4.34. The molecule has 2 aliphatic heterocycles. The zero-order valence-electron chi connectivity index (χ0n) is 16.9. The average molecular weight is 442 g/mol. The minimum atomic E-state index is -0.858. The van der Waals surface area contributed by atoms with Crippen LogP contribution in [-0.4, -0.2) is 39.5 Å². The van der Waals surface area contributed by atoms with Crippen LogP contribution < -0.4 is 5.32 Å². The van der Waals surface area contributed by atoms with Gasteiger partial charge in [-0.25, -0.2) is 18.7 Å². The maximum Gasteiger partial charge on any atom is 0.259 e. The monoisotopic (exact) mass is 442 g/mol. The third-order valence-corrected chi connectivity index (χ3v) is 5.72. The molecule has 9 heteroatoms. The zero-order chi connectivity index (χ0) is 22.1. The predicted molar refractivity (Wildman–Crippen MR) is 118 cm³/mol. The Bertz CT molecular complexity index is 1120. The van der Waals surface area contributed by atoms with Gasteiger partial charge in [-0.15, -0.1) is 0 Å². The fourth-order valence-electron chi connectivity index (χ4n) is 3.41. The fourth-order valence-corrected chi connectivity index (χ4v) is 4.21. The highest BCUT2D eigenvalue weighted by molar-refractivity contribution is 8.14. The summed E-state index contributed by atoms with van der Waals surface area (Å²) in [5.41, 5.74) is 1.33. The van der Waals surface area contributed by atoms with Gasteiger partial charge in [0, 0.05) is 11.6 Å². The van der Waals surface area contributed by atoms with Crippen molar-refractivity contribution in [1.29, 1.82) is 0 Å². The molecule has 2 heterocycles. The summed E-state index contributed by atoms with van der Waals surface area (Å²) < 4.78 is 26.8. The number of hydrogen-bond acceptors (Lipinski definition) is 5. The molecule has 2 aliphatic rings. The van der Waals surface area contributed by atoms with Crippen molar-refractivity contribution in [3.05, 3.63) is 59.7 Å². The summed E-state index contributed by atoms with van der Waals surface area (Å²) in [4.78, 5) is 36.1. The van der Waals surface area contributed by atoms with E-state index in [0.29, 0.717) is 35.1 Å². The first-order valence-corrected chi connectivity index (χ1v) is 10.8. The van der Waals surface area contributed by atoms with Crippen LogP contribution in [0.25, 0.3) is 0 Å². The summed E-state index contributed by atoms with van der Waals surface area (Å²) >= 11 is 1.06. The summed E-state index contributed by atoms with van der Waals surface area (Å²) in [6, 6.07) is 9.82. The van der Waals surface area contributed by atoms with Crippen molar-refractivity contribution in [2.75, 3.05) is 11.1 Å². The van der Waals surface area contributed by atoms with E-state index in [1.807, 2.05) is 38.1 Å². The van der Waals surface area contributed by atoms with E-state index in [9.17, 15) is 18.4 Å². The van der Waals surface area contributed by atoms with Crippen molar-refractivity contribution in [2.45, 2.75) is 26.3 Å². The summed E-state index contributed by atoms with van der Waals surface area (Å²) in [6.45, 7) is 4.06. The minimum Gasteiger partial charge on any atom is -0.323 e. The normalized spacial score (nSPS) is 17.3. The molecule has 2 amide bonds. The number of benzene rings is 2. The van der Waals surface area contributed by atoms with E-state index in [0.717, 1.165) is 29.5 Å². The summed E-state index contributed by atoms with van der Waals surface area (Å²) in [5.74, 6) is -1.54. The van der Waals surface area contributed by atoms with E-state index in [1.54, 1.807) is 0 Å². The number of anilines is 1. The van der Waals surface area contributed by atoms with Crippen LogP contribution in [0.3, 0.4) is 0 Å². The Balaban J connectivity index is 1.54. The molecule has 0 fully saturated rings. The highest BCUT2D eigenvalue weighted by atomic mass is 32.2. The van der Waals surface area contributed by atoms with Gasteiger partial charge < -0.3 is 5.32 Å². The number of halogens is 2. The van der Waals surface area contributed by atoms with E-state index in [2.05, 4.69) is 15.3 Å². The highest BCUT2D eigenvalue weighted by Crippen LogP contribution is 2.34. The smallest absolute Gasteiger partial charge is 0.259 e. The number of amides is 2. The van der Waals surface area contributed by atoms with Crippen LogP contribution >= 0.6 is 11.8 Å². The van der Waals surface area contributed by atoms with E-state index in [1.165, 1.54) is 4.90 Å². The molecule has 160 valence electrons. The molecule has 31 heavy (non-hydrogen) atoms. The maximum atomic E-state index is 13.8. The van der Waals surface area contributed by atoms with Crippen LogP contribution in [0, 0.1) is 17.6 Å². The first-order chi connectivity index (χ1) is 14.8. The quantitative estimate of drug-likeness (QED) is 0.749.